The fourth-order valence-corrected chi connectivity index (χ4v) is 3.39. The van der Waals surface area contributed by atoms with Gasteiger partial charge in [-0.05, 0) is 45.9 Å². The fraction of sp³-hybridized carbons (Fsp3) is 0.421. The molecule has 1 aliphatic rings. The molecule has 1 aliphatic heterocycles. The van der Waals surface area contributed by atoms with Gasteiger partial charge in [0.05, 0.1) is 11.4 Å². The Morgan fingerprint density at radius 3 is 1.96 bits per heavy atom. The topological polar surface area (TPSA) is 75.9 Å². The normalized spacial score (nSPS) is 14.7. The van der Waals surface area contributed by atoms with Crippen LogP contribution in [0.25, 0.3) is 5.82 Å². The minimum absolute atomic E-state index is 0.752. The number of piperazine rings is 1. The second-order valence-electron chi connectivity index (χ2n) is 6.98. The Kier molecular flexibility index (Phi) is 4.47. The highest BCUT2D eigenvalue weighted by Crippen LogP contribution is 2.20. The van der Waals surface area contributed by atoms with Crippen molar-refractivity contribution in [1.29, 1.82) is 0 Å². The molecule has 0 bridgehead atoms. The van der Waals surface area contributed by atoms with Crippen LogP contribution in [-0.4, -0.2) is 56.1 Å². The predicted molar refractivity (Wildman–Crippen MR) is 105 cm³/mol. The Morgan fingerprint density at radius 2 is 1.37 bits per heavy atom. The molecule has 0 amide bonds. The van der Waals surface area contributed by atoms with Crippen molar-refractivity contribution in [2.75, 3.05) is 36.0 Å². The number of nitrogens with zero attached hydrogens (tertiary/aromatic N) is 8. The van der Waals surface area contributed by atoms with Gasteiger partial charge in [0.2, 0.25) is 0 Å². The first-order valence-electron chi connectivity index (χ1n) is 9.19. The Morgan fingerprint density at radius 1 is 0.704 bits per heavy atom. The number of hydrogen-bond donors (Lipinski definition) is 0. The van der Waals surface area contributed by atoms with Gasteiger partial charge in [-0.2, -0.15) is 10.2 Å². The van der Waals surface area contributed by atoms with E-state index >= 15 is 0 Å². The van der Waals surface area contributed by atoms with Gasteiger partial charge in [-0.1, -0.05) is 0 Å². The van der Waals surface area contributed by atoms with Gasteiger partial charge < -0.3 is 9.80 Å². The summed E-state index contributed by atoms with van der Waals surface area (Å²) in [6, 6.07) is 8.11. The average Bonchev–Trinajstić information content (AvgIpc) is 3.00. The highest BCUT2D eigenvalue weighted by atomic mass is 15.3. The van der Waals surface area contributed by atoms with Gasteiger partial charge in [-0.3, -0.25) is 0 Å². The minimum atomic E-state index is 0.752. The van der Waals surface area contributed by atoms with Crippen molar-refractivity contribution in [1.82, 2.24) is 29.9 Å². The molecular formula is C19H24N8. The quantitative estimate of drug-likeness (QED) is 0.704. The third kappa shape index (κ3) is 3.60. The molecule has 0 N–H and O–H groups in total. The monoisotopic (exact) mass is 364 g/mol. The molecule has 0 spiro atoms. The largest absolute Gasteiger partial charge is 0.353 e. The van der Waals surface area contributed by atoms with Crippen LogP contribution < -0.4 is 9.80 Å². The summed E-state index contributed by atoms with van der Waals surface area (Å²) in [6.45, 7) is 11.4. The summed E-state index contributed by atoms with van der Waals surface area (Å²) in [4.78, 5) is 13.8. The van der Waals surface area contributed by atoms with Gasteiger partial charge in [0.25, 0.3) is 0 Å². The number of rotatable bonds is 3. The predicted octanol–water partition coefficient (Wildman–Crippen LogP) is 2.01. The molecule has 4 heterocycles. The zero-order chi connectivity index (χ0) is 19.0. The summed E-state index contributed by atoms with van der Waals surface area (Å²) in [5, 5.41) is 13.0. The number of hydrogen-bond acceptors (Lipinski definition) is 7. The van der Waals surface area contributed by atoms with E-state index in [1.165, 1.54) is 0 Å². The smallest absolute Gasteiger partial charge is 0.159 e. The number of aryl methyl sites for hydroxylation is 4. The van der Waals surface area contributed by atoms with E-state index in [2.05, 4.69) is 41.1 Å². The van der Waals surface area contributed by atoms with E-state index < -0.39 is 0 Å². The first-order valence-corrected chi connectivity index (χ1v) is 9.19. The molecule has 0 unspecified atom stereocenters. The molecule has 8 heteroatoms. The molecule has 140 valence electrons. The Hall–Kier alpha value is -3.03. The third-order valence-electron chi connectivity index (χ3n) is 4.75. The maximum Gasteiger partial charge on any atom is 0.159 e. The molecule has 0 radical (unpaired) electrons. The van der Waals surface area contributed by atoms with Crippen LogP contribution >= 0.6 is 0 Å². The van der Waals surface area contributed by atoms with Crippen molar-refractivity contribution >= 4 is 11.6 Å². The van der Waals surface area contributed by atoms with Gasteiger partial charge in [0, 0.05) is 37.9 Å². The Bertz CT molecular complexity index is 939. The van der Waals surface area contributed by atoms with Gasteiger partial charge in [0.15, 0.2) is 11.6 Å². The first kappa shape index (κ1) is 17.4. The summed E-state index contributed by atoms with van der Waals surface area (Å²) in [7, 11) is 0. The van der Waals surface area contributed by atoms with Gasteiger partial charge in [0.1, 0.15) is 11.6 Å². The van der Waals surface area contributed by atoms with Gasteiger partial charge in [-0.25, -0.2) is 14.6 Å². The van der Waals surface area contributed by atoms with E-state index in [1.54, 1.807) is 0 Å². The summed E-state index contributed by atoms with van der Waals surface area (Å²) in [5.41, 5.74) is 2.99. The highest BCUT2D eigenvalue weighted by Gasteiger charge is 2.20. The summed E-state index contributed by atoms with van der Waals surface area (Å²) < 4.78 is 1.88. The molecule has 1 fully saturated rings. The van der Waals surface area contributed by atoms with Crippen molar-refractivity contribution in [2.24, 2.45) is 0 Å². The van der Waals surface area contributed by atoms with E-state index in [0.717, 1.165) is 66.5 Å². The lowest BCUT2D eigenvalue weighted by atomic mass is 10.3. The van der Waals surface area contributed by atoms with E-state index in [9.17, 15) is 0 Å². The summed E-state index contributed by atoms with van der Waals surface area (Å²) in [6.07, 6.45) is 0. The maximum absolute atomic E-state index is 4.66. The average molecular weight is 364 g/mol. The molecule has 0 aliphatic carbocycles. The highest BCUT2D eigenvalue weighted by molar-refractivity contribution is 5.48. The lowest BCUT2D eigenvalue weighted by Gasteiger charge is -2.36. The summed E-state index contributed by atoms with van der Waals surface area (Å²) >= 11 is 0. The molecule has 0 aromatic carbocycles. The molecule has 8 nitrogen and oxygen atoms in total. The number of anilines is 2. The van der Waals surface area contributed by atoms with Gasteiger partial charge >= 0.3 is 0 Å². The molecule has 0 saturated carbocycles. The SMILES string of the molecule is Cc1ccc(N2CCN(c3cc(-n4nc(C)cc4C)nc(C)n3)CC2)nn1. The van der Waals surface area contributed by atoms with E-state index in [4.69, 9.17) is 0 Å². The third-order valence-corrected chi connectivity index (χ3v) is 4.75. The van der Waals surface area contributed by atoms with Crippen LogP contribution in [-0.2, 0) is 0 Å². The van der Waals surface area contributed by atoms with Crippen molar-refractivity contribution in [3.8, 4) is 5.82 Å². The van der Waals surface area contributed by atoms with Crippen LogP contribution in [0.4, 0.5) is 11.6 Å². The standard InChI is InChI=1S/C19H24N8/c1-13-5-6-17(23-22-13)25-7-9-26(10-8-25)18-12-19(21-16(4)20-18)27-15(3)11-14(2)24-27/h5-6,11-12H,7-10H2,1-4H3. The van der Waals surface area contributed by atoms with Gasteiger partial charge in [-0.15, -0.1) is 5.10 Å². The van der Waals surface area contributed by atoms with Crippen LogP contribution in [0.2, 0.25) is 0 Å². The molecule has 27 heavy (non-hydrogen) atoms. The van der Waals surface area contributed by atoms with Crippen molar-refractivity contribution in [2.45, 2.75) is 27.7 Å². The minimum Gasteiger partial charge on any atom is -0.353 e. The molecule has 1 saturated heterocycles. The molecule has 0 atom stereocenters. The van der Waals surface area contributed by atoms with Crippen LogP contribution in [0.15, 0.2) is 24.3 Å². The van der Waals surface area contributed by atoms with Crippen molar-refractivity contribution in [3.05, 3.63) is 47.2 Å². The van der Waals surface area contributed by atoms with E-state index in [1.807, 2.05) is 50.6 Å². The first-order chi connectivity index (χ1) is 13.0. The fourth-order valence-electron chi connectivity index (χ4n) is 3.39. The maximum atomic E-state index is 4.66. The Balaban J connectivity index is 1.53. The molecule has 3 aromatic heterocycles. The van der Waals surface area contributed by atoms with Crippen molar-refractivity contribution < 1.29 is 0 Å². The zero-order valence-corrected chi connectivity index (χ0v) is 16.2. The van der Waals surface area contributed by atoms with Crippen molar-refractivity contribution in [3.63, 3.8) is 0 Å². The van der Waals surface area contributed by atoms with Crippen LogP contribution in [0, 0.1) is 27.7 Å². The lowest BCUT2D eigenvalue weighted by molar-refractivity contribution is 0.635. The molecular weight excluding hydrogens is 340 g/mol. The van der Waals surface area contributed by atoms with Crippen LogP contribution in [0.5, 0.6) is 0 Å². The van der Waals surface area contributed by atoms with E-state index in [-0.39, 0.29) is 0 Å². The Labute approximate surface area is 158 Å². The zero-order valence-electron chi connectivity index (χ0n) is 16.2. The van der Waals surface area contributed by atoms with Crippen LogP contribution in [0.1, 0.15) is 22.9 Å². The second-order valence-corrected chi connectivity index (χ2v) is 6.98. The summed E-state index contributed by atoms with van der Waals surface area (Å²) in [5.74, 6) is 3.44. The second kappa shape index (κ2) is 6.94. The molecule has 3 aromatic rings. The molecule has 4 rings (SSSR count). The van der Waals surface area contributed by atoms with Crippen LogP contribution in [0.3, 0.4) is 0 Å². The lowest BCUT2D eigenvalue weighted by Crippen LogP contribution is -2.47. The number of aromatic nitrogens is 6. The van der Waals surface area contributed by atoms with E-state index in [0.29, 0.717) is 0 Å².